The minimum Gasteiger partial charge on any atom is -0.493 e. The van der Waals surface area contributed by atoms with Gasteiger partial charge >= 0.3 is 0 Å². The molecule has 1 heterocycles. The topological polar surface area (TPSA) is 50.8 Å². The Morgan fingerprint density at radius 1 is 1.27 bits per heavy atom. The summed E-state index contributed by atoms with van der Waals surface area (Å²) in [4.78, 5) is 15.1. The molecule has 1 aromatic rings. The summed E-state index contributed by atoms with van der Waals surface area (Å²) < 4.78 is 11.0. The SMILES string of the molecule is CCCOc1c(Cl)cc(C(=O)NCC(C)(C)N2CCCCC2)cc1OC. The van der Waals surface area contributed by atoms with E-state index in [1.165, 1.54) is 19.3 Å². The second-order valence-corrected chi connectivity index (χ2v) is 7.79. The van der Waals surface area contributed by atoms with Crippen molar-refractivity contribution in [1.29, 1.82) is 0 Å². The molecule has 0 spiro atoms. The second kappa shape index (κ2) is 9.47. The van der Waals surface area contributed by atoms with Crippen molar-refractivity contribution >= 4 is 17.5 Å². The molecule has 0 unspecified atom stereocenters. The first-order chi connectivity index (χ1) is 12.4. The van der Waals surface area contributed by atoms with E-state index < -0.39 is 0 Å². The highest BCUT2D eigenvalue weighted by molar-refractivity contribution is 6.32. The number of halogens is 1. The van der Waals surface area contributed by atoms with Crippen molar-refractivity contribution < 1.29 is 14.3 Å². The molecule has 1 aliphatic heterocycles. The largest absolute Gasteiger partial charge is 0.493 e. The normalized spacial score (nSPS) is 15.6. The average Bonchev–Trinajstić information content (AvgIpc) is 2.65. The van der Waals surface area contributed by atoms with E-state index in [1.807, 2.05) is 6.92 Å². The fourth-order valence-electron chi connectivity index (χ4n) is 3.20. The third kappa shape index (κ3) is 5.27. The van der Waals surface area contributed by atoms with Gasteiger partial charge in [-0.3, -0.25) is 9.69 Å². The minimum atomic E-state index is -0.155. The predicted molar refractivity (Wildman–Crippen MR) is 106 cm³/mol. The molecule has 0 atom stereocenters. The number of benzene rings is 1. The first-order valence-electron chi connectivity index (χ1n) is 9.42. The fraction of sp³-hybridized carbons (Fsp3) is 0.650. The highest BCUT2D eigenvalue weighted by Gasteiger charge is 2.28. The lowest BCUT2D eigenvalue weighted by molar-refractivity contribution is 0.0797. The Hall–Kier alpha value is -1.46. The number of carbonyl (C=O) groups is 1. The summed E-state index contributed by atoms with van der Waals surface area (Å²) in [5.41, 5.74) is 0.402. The molecule has 1 aromatic carbocycles. The molecule has 0 aliphatic carbocycles. The van der Waals surface area contributed by atoms with Crippen LogP contribution in [0.15, 0.2) is 12.1 Å². The van der Waals surface area contributed by atoms with Crippen molar-refractivity contribution in [3.8, 4) is 11.5 Å². The fourth-order valence-corrected chi connectivity index (χ4v) is 3.47. The van der Waals surface area contributed by atoms with Crippen LogP contribution in [0, 0.1) is 0 Å². The molecule has 26 heavy (non-hydrogen) atoms. The van der Waals surface area contributed by atoms with Crippen LogP contribution >= 0.6 is 11.6 Å². The lowest BCUT2D eigenvalue weighted by Crippen LogP contribution is -2.53. The lowest BCUT2D eigenvalue weighted by Gasteiger charge is -2.41. The first kappa shape index (κ1) is 20.8. The molecule has 6 heteroatoms. The Morgan fingerprint density at radius 2 is 1.96 bits per heavy atom. The second-order valence-electron chi connectivity index (χ2n) is 7.38. The number of ether oxygens (including phenoxy) is 2. The van der Waals surface area contributed by atoms with Gasteiger partial charge in [0.25, 0.3) is 5.91 Å². The number of hydrogen-bond donors (Lipinski definition) is 1. The van der Waals surface area contributed by atoms with Crippen LogP contribution in [0.2, 0.25) is 5.02 Å². The summed E-state index contributed by atoms with van der Waals surface area (Å²) in [6, 6.07) is 3.32. The summed E-state index contributed by atoms with van der Waals surface area (Å²) >= 11 is 6.31. The van der Waals surface area contributed by atoms with Gasteiger partial charge in [0.1, 0.15) is 0 Å². The monoisotopic (exact) mass is 382 g/mol. The molecule has 5 nitrogen and oxygen atoms in total. The van der Waals surface area contributed by atoms with E-state index in [-0.39, 0.29) is 11.4 Å². The van der Waals surface area contributed by atoms with E-state index in [0.29, 0.717) is 35.2 Å². The van der Waals surface area contributed by atoms with Gasteiger partial charge in [-0.1, -0.05) is 24.9 Å². The van der Waals surface area contributed by atoms with Crippen molar-refractivity contribution in [3.05, 3.63) is 22.7 Å². The van der Waals surface area contributed by atoms with Gasteiger partial charge < -0.3 is 14.8 Å². The number of methoxy groups -OCH3 is 1. The maximum Gasteiger partial charge on any atom is 0.251 e. The summed E-state index contributed by atoms with van der Waals surface area (Å²) in [6.07, 6.45) is 4.61. The number of nitrogens with zero attached hydrogens (tertiary/aromatic N) is 1. The summed E-state index contributed by atoms with van der Waals surface area (Å²) in [5.74, 6) is 0.810. The molecule has 1 aliphatic rings. The Kier molecular flexibility index (Phi) is 7.59. The molecular formula is C20H31ClN2O3. The number of amides is 1. The van der Waals surface area contributed by atoms with Gasteiger partial charge in [-0.15, -0.1) is 0 Å². The quantitative estimate of drug-likeness (QED) is 0.734. The van der Waals surface area contributed by atoms with Crippen LogP contribution in [0.3, 0.4) is 0 Å². The van der Waals surface area contributed by atoms with E-state index in [2.05, 4.69) is 24.1 Å². The van der Waals surface area contributed by atoms with Gasteiger partial charge in [0.15, 0.2) is 11.5 Å². The van der Waals surface area contributed by atoms with Gasteiger partial charge in [-0.25, -0.2) is 0 Å². The Morgan fingerprint density at radius 3 is 2.58 bits per heavy atom. The van der Waals surface area contributed by atoms with Gasteiger partial charge in [0.05, 0.1) is 18.7 Å². The highest BCUT2D eigenvalue weighted by atomic mass is 35.5. The summed E-state index contributed by atoms with van der Waals surface area (Å²) in [7, 11) is 1.55. The highest BCUT2D eigenvalue weighted by Crippen LogP contribution is 2.36. The van der Waals surface area contributed by atoms with Gasteiger partial charge in [-0.05, 0) is 58.3 Å². The Labute approximate surface area is 162 Å². The van der Waals surface area contributed by atoms with Crippen molar-refractivity contribution in [3.63, 3.8) is 0 Å². The maximum absolute atomic E-state index is 12.6. The van der Waals surface area contributed by atoms with Gasteiger partial charge in [0.2, 0.25) is 0 Å². The number of carbonyl (C=O) groups excluding carboxylic acids is 1. The standard InChI is InChI=1S/C20H31ClN2O3/c1-5-11-26-18-16(21)12-15(13-17(18)25-4)19(24)22-14-20(2,3)23-9-7-6-8-10-23/h12-13H,5-11,14H2,1-4H3,(H,22,24). The van der Waals surface area contributed by atoms with Gasteiger partial charge in [-0.2, -0.15) is 0 Å². The Bertz CT molecular complexity index is 613. The molecule has 0 saturated carbocycles. The van der Waals surface area contributed by atoms with Crippen LogP contribution in [-0.4, -0.2) is 49.7 Å². The zero-order valence-corrected chi connectivity index (χ0v) is 17.1. The molecule has 1 N–H and O–H groups in total. The zero-order valence-electron chi connectivity index (χ0n) is 16.4. The van der Waals surface area contributed by atoms with E-state index in [4.69, 9.17) is 21.1 Å². The van der Waals surface area contributed by atoms with Crippen LogP contribution in [0.1, 0.15) is 56.8 Å². The van der Waals surface area contributed by atoms with E-state index >= 15 is 0 Å². The molecule has 0 aromatic heterocycles. The van der Waals surface area contributed by atoms with Crippen LogP contribution in [0.4, 0.5) is 0 Å². The molecule has 1 saturated heterocycles. The molecule has 0 radical (unpaired) electrons. The van der Waals surface area contributed by atoms with Crippen molar-refractivity contribution in [2.45, 2.75) is 52.0 Å². The number of likely N-dealkylation sites (tertiary alicyclic amines) is 1. The third-order valence-electron chi connectivity index (χ3n) is 4.84. The predicted octanol–water partition coefficient (Wildman–Crippen LogP) is 4.13. The third-order valence-corrected chi connectivity index (χ3v) is 5.12. The van der Waals surface area contributed by atoms with E-state index in [9.17, 15) is 4.79 Å². The van der Waals surface area contributed by atoms with Gasteiger partial charge in [0, 0.05) is 17.6 Å². The maximum atomic E-state index is 12.6. The minimum absolute atomic E-state index is 0.0753. The average molecular weight is 383 g/mol. The number of rotatable bonds is 8. The number of nitrogens with one attached hydrogen (secondary N) is 1. The molecule has 1 amide bonds. The van der Waals surface area contributed by atoms with Crippen molar-refractivity contribution in [2.24, 2.45) is 0 Å². The van der Waals surface area contributed by atoms with Crippen LogP contribution < -0.4 is 14.8 Å². The number of piperidine rings is 1. The molecule has 1 fully saturated rings. The smallest absolute Gasteiger partial charge is 0.251 e. The zero-order chi connectivity index (χ0) is 19.2. The van der Waals surface area contributed by atoms with E-state index in [0.717, 1.165) is 19.5 Å². The molecule has 0 bridgehead atoms. The molecular weight excluding hydrogens is 352 g/mol. The van der Waals surface area contributed by atoms with Crippen LogP contribution in [0.25, 0.3) is 0 Å². The molecule has 146 valence electrons. The van der Waals surface area contributed by atoms with Crippen molar-refractivity contribution in [2.75, 3.05) is 33.4 Å². The first-order valence-corrected chi connectivity index (χ1v) is 9.80. The van der Waals surface area contributed by atoms with Crippen LogP contribution in [-0.2, 0) is 0 Å². The van der Waals surface area contributed by atoms with E-state index in [1.54, 1.807) is 19.2 Å². The van der Waals surface area contributed by atoms with Crippen LogP contribution in [0.5, 0.6) is 11.5 Å². The summed E-state index contributed by atoms with van der Waals surface area (Å²) in [5, 5.41) is 3.43. The Balaban J connectivity index is 2.05. The summed E-state index contributed by atoms with van der Waals surface area (Å²) in [6.45, 7) is 9.68. The molecule has 2 rings (SSSR count). The van der Waals surface area contributed by atoms with Crippen molar-refractivity contribution in [1.82, 2.24) is 10.2 Å². The number of hydrogen-bond acceptors (Lipinski definition) is 4. The lowest BCUT2D eigenvalue weighted by atomic mass is 9.98.